The summed E-state index contributed by atoms with van der Waals surface area (Å²) in [7, 11) is -2.37. The van der Waals surface area contributed by atoms with Crippen LogP contribution in [0.15, 0.2) is 53.4 Å². The van der Waals surface area contributed by atoms with Crippen molar-refractivity contribution in [2.45, 2.75) is 63.6 Å². The number of carbonyl (C=O) groups excluding carboxylic acids is 3. The van der Waals surface area contributed by atoms with Gasteiger partial charge in [-0.25, -0.2) is 12.7 Å². The van der Waals surface area contributed by atoms with Crippen LogP contribution in [0.4, 0.5) is 0 Å². The van der Waals surface area contributed by atoms with Crippen LogP contribution in [0.25, 0.3) is 0 Å². The van der Waals surface area contributed by atoms with Crippen molar-refractivity contribution in [2.24, 2.45) is 0 Å². The van der Waals surface area contributed by atoms with E-state index in [0.717, 1.165) is 9.87 Å². The standard InChI is InChI=1S/C26H33N3O6S/c1-5-22(25(31)27-18(2)3)28(17-19-12-14-20(35-4)15-13-19)24(30)11-8-16-29-26(32)21-9-6-7-10-23(21)36(29,33)34/h6-7,9-10,12-15,18,22H,5,8,11,16-17H2,1-4H3,(H,27,31)/t22-/m0/s1. The van der Waals surface area contributed by atoms with Crippen LogP contribution in [-0.4, -0.2) is 61.1 Å². The molecule has 194 valence electrons. The molecule has 3 rings (SSSR count). The average Bonchev–Trinajstić information content (AvgIpc) is 3.04. The van der Waals surface area contributed by atoms with Crippen LogP contribution in [0.3, 0.4) is 0 Å². The molecule has 0 fully saturated rings. The molecule has 0 bridgehead atoms. The second-order valence-electron chi connectivity index (χ2n) is 8.94. The maximum absolute atomic E-state index is 13.4. The molecule has 1 aliphatic rings. The molecule has 36 heavy (non-hydrogen) atoms. The topological polar surface area (TPSA) is 113 Å². The van der Waals surface area contributed by atoms with Crippen molar-refractivity contribution in [3.8, 4) is 5.75 Å². The molecule has 1 aliphatic heterocycles. The minimum Gasteiger partial charge on any atom is -0.497 e. The Morgan fingerprint density at radius 3 is 2.33 bits per heavy atom. The van der Waals surface area contributed by atoms with E-state index in [1.807, 2.05) is 32.9 Å². The summed E-state index contributed by atoms with van der Waals surface area (Å²) in [6.07, 6.45) is 0.533. The highest BCUT2D eigenvalue weighted by Crippen LogP contribution is 2.30. The fourth-order valence-corrected chi connectivity index (χ4v) is 5.80. The van der Waals surface area contributed by atoms with Crippen molar-refractivity contribution in [1.82, 2.24) is 14.5 Å². The van der Waals surface area contributed by atoms with E-state index >= 15 is 0 Å². The van der Waals surface area contributed by atoms with Crippen LogP contribution in [-0.2, 0) is 26.2 Å². The fraction of sp³-hybridized carbons (Fsp3) is 0.423. The minimum atomic E-state index is -3.93. The number of amides is 3. The molecular weight excluding hydrogens is 482 g/mol. The van der Waals surface area contributed by atoms with Crippen LogP contribution in [0.2, 0.25) is 0 Å². The molecule has 0 saturated carbocycles. The summed E-state index contributed by atoms with van der Waals surface area (Å²) in [5.74, 6) is -0.449. The fourth-order valence-electron chi connectivity index (χ4n) is 4.20. The summed E-state index contributed by atoms with van der Waals surface area (Å²) in [6, 6.07) is 12.5. The van der Waals surface area contributed by atoms with Crippen LogP contribution in [0, 0.1) is 0 Å². The van der Waals surface area contributed by atoms with Crippen LogP contribution >= 0.6 is 0 Å². The van der Waals surface area contributed by atoms with E-state index in [0.29, 0.717) is 12.2 Å². The van der Waals surface area contributed by atoms with Gasteiger partial charge in [0.05, 0.1) is 12.7 Å². The first-order chi connectivity index (χ1) is 17.1. The monoisotopic (exact) mass is 515 g/mol. The maximum Gasteiger partial charge on any atom is 0.269 e. The van der Waals surface area contributed by atoms with Crippen LogP contribution in [0.5, 0.6) is 5.75 Å². The van der Waals surface area contributed by atoms with Gasteiger partial charge in [-0.05, 0) is 56.5 Å². The SMILES string of the molecule is CC[C@@H](C(=O)NC(C)C)N(Cc1ccc(OC)cc1)C(=O)CCCN1C(=O)c2ccccc2S1(=O)=O. The third-order valence-electron chi connectivity index (χ3n) is 5.99. The lowest BCUT2D eigenvalue weighted by Gasteiger charge is -2.31. The molecule has 10 heteroatoms. The number of fused-ring (bicyclic) bond motifs is 1. The molecule has 0 aromatic heterocycles. The van der Waals surface area contributed by atoms with E-state index < -0.39 is 22.0 Å². The number of methoxy groups -OCH3 is 1. The molecule has 1 atom stereocenters. The Kier molecular flexibility index (Phi) is 8.73. The van der Waals surface area contributed by atoms with Crippen molar-refractivity contribution in [2.75, 3.05) is 13.7 Å². The summed E-state index contributed by atoms with van der Waals surface area (Å²) in [5, 5.41) is 2.88. The van der Waals surface area contributed by atoms with Gasteiger partial charge in [-0.15, -0.1) is 0 Å². The van der Waals surface area contributed by atoms with Crippen molar-refractivity contribution in [3.63, 3.8) is 0 Å². The summed E-state index contributed by atoms with van der Waals surface area (Å²) in [6.45, 7) is 5.63. The molecular formula is C26H33N3O6S. The van der Waals surface area contributed by atoms with Gasteiger partial charge < -0.3 is 15.0 Å². The Morgan fingerprint density at radius 2 is 1.75 bits per heavy atom. The van der Waals surface area contributed by atoms with Crippen LogP contribution < -0.4 is 10.1 Å². The number of nitrogens with zero attached hydrogens (tertiary/aromatic N) is 2. The lowest BCUT2D eigenvalue weighted by Crippen LogP contribution is -2.50. The van der Waals surface area contributed by atoms with Gasteiger partial charge in [0.25, 0.3) is 15.9 Å². The van der Waals surface area contributed by atoms with Gasteiger partial charge in [0.1, 0.15) is 16.7 Å². The normalized spacial score (nSPS) is 14.9. The molecule has 0 saturated heterocycles. The Labute approximate surface area is 212 Å². The zero-order valence-electron chi connectivity index (χ0n) is 21.1. The third kappa shape index (κ3) is 5.87. The number of hydrogen-bond donors (Lipinski definition) is 1. The summed E-state index contributed by atoms with van der Waals surface area (Å²) >= 11 is 0. The first-order valence-corrected chi connectivity index (χ1v) is 13.4. The van der Waals surface area contributed by atoms with Gasteiger partial charge >= 0.3 is 0 Å². The van der Waals surface area contributed by atoms with Gasteiger partial charge in [0.15, 0.2) is 0 Å². The minimum absolute atomic E-state index is 0.0149. The van der Waals surface area contributed by atoms with Crippen LogP contribution in [0.1, 0.15) is 56.0 Å². The number of hydrogen-bond acceptors (Lipinski definition) is 6. The number of benzene rings is 2. The molecule has 2 aromatic carbocycles. The molecule has 1 heterocycles. The Bertz CT molecular complexity index is 1210. The number of ether oxygens (including phenoxy) is 1. The van der Waals surface area contributed by atoms with Gasteiger partial charge in [0.2, 0.25) is 11.8 Å². The molecule has 9 nitrogen and oxygen atoms in total. The zero-order valence-corrected chi connectivity index (χ0v) is 21.9. The zero-order chi connectivity index (χ0) is 26.5. The molecule has 2 aromatic rings. The average molecular weight is 516 g/mol. The van der Waals surface area contributed by atoms with E-state index in [1.165, 1.54) is 17.0 Å². The van der Waals surface area contributed by atoms with Gasteiger partial charge in [-0.1, -0.05) is 31.2 Å². The van der Waals surface area contributed by atoms with E-state index in [2.05, 4.69) is 5.32 Å². The highest BCUT2D eigenvalue weighted by atomic mass is 32.2. The number of nitrogens with one attached hydrogen (secondary N) is 1. The van der Waals surface area contributed by atoms with Gasteiger partial charge in [-0.3, -0.25) is 14.4 Å². The quantitative estimate of drug-likeness (QED) is 0.492. The van der Waals surface area contributed by atoms with Crippen molar-refractivity contribution in [1.29, 1.82) is 0 Å². The highest BCUT2D eigenvalue weighted by molar-refractivity contribution is 7.90. The smallest absolute Gasteiger partial charge is 0.269 e. The molecule has 0 aliphatic carbocycles. The maximum atomic E-state index is 13.4. The number of rotatable bonds is 11. The summed E-state index contributed by atoms with van der Waals surface area (Å²) in [4.78, 5) is 40.4. The molecule has 1 N–H and O–H groups in total. The van der Waals surface area contributed by atoms with Crippen molar-refractivity contribution >= 4 is 27.7 Å². The second kappa shape index (κ2) is 11.6. The van der Waals surface area contributed by atoms with Gasteiger partial charge in [0, 0.05) is 25.6 Å². The Balaban J connectivity index is 1.74. The molecule has 0 radical (unpaired) electrons. The predicted molar refractivity (Wildman–Crippen MR) is 135 cm³/mol. The first-order valence-electron chi connectivity index (χ1n) is 12.0. The summed E-state index contributed by atoms with van der Waals surface area (Å²) in [5.41, 5.74) is 0.967. The molecule has 0 unspecified atom stereocenters. The predicted octanol–water partition coefficient (Wildman–Crippen LogP) is 2.95. The van der Waals surface area contributed by atoms with Crippen molar-refractivity contribution in [3.05, 3.63) is 59.7 Å². The van der Waals surface area contributed by atoms with E-state index in [9.17, 15) is 22.8 Å². The third-order valence-corrected chi connectivity index (χ3v) is 7.83. The molecule has 3 amide bonds. The number of carbonyl (C=O) groups is 3. The highest BCUT2D eigenvalue weighted by Gasteiger charge is 2.40. The summed E-state index contributed by atoms with van der Waals surface area (Å²) < 4.78 is 31.6. The lowest BCUT2D eigenvalue weighted by atomic mass is 10.1. The second-order valence-corrected chi connectivity index (χ2v) is 10.8. The Morgan fingerprint density at radius 1 is 1.08 bits per heavy atom. The first kappa shape index (κ1) is 27.2. The Hall–Kier alpha value is -3.40. The number of sulfonamides is 1. The van der Waals surface area contributed by atoms with E-state index in [-0.39, 0.29) is 54.2 Å². The van der Waals surface area contributed by atoms with E-state index in [4.69, 9.17) is 4.74 Å². The lowest BCUT2D eigenvalue weighted by molar-refractivity contribution is -0.141. The van der Waals surface area contributed by atoms with Crippen molar-refractivity contribution < 1.29 is 27.5 Å². The molecule has 0 spiro atoms. The van der Waals surface area contributed by atoms with Gasteiger partial charge in [-0.2, -0.15) is 0 Å². The van der Waals surface area contributed by atoms with E-state index in [1.54, 1.807) is 31.4 Å². The largest absolute Gasteiger partial charge is 0.497 e.